The number of nitrogens with one attached hydrogen (secondary N) is 1. The minimum absolute atomic E-state index is 0.364. The van der Waals surface area contributed by atoms with E-state index in [0.29, 0.717) is 11.4 Å². The molecule has 0 atom stereocenters. The van der Waals surface area contributed by atoms with Gasteiger partial charge in [-0.1, -0.05) is 6.92 Å². The van der Waals surface area contributed by atoms with Crippen LogP contribution >= 0.6 is 0 Å². The van der Waals surface area contributed by atoms with Crippen molar-refractivity contribution in [3.05, 3.63) is 18.0 Å². The summed E-state index contributed by atoms with van der Waals surface area (Å²) in [5, 5.41) is 3.29. The molecule has 0 radical (unpaired) electrons. The van der Waals surface area contributed by atoms with Crippen LogP contribution in [0.1, 0.15) is 26.0 Å². The number of aromatic nitrogens is 1. The van der Waals surface area contributed by atoms with Gasteiger partial charge in [-0.2, -0.15) is 0 Å². The van der Waals surface area contributed by atoms with Gasteiger partial charge in [-0.25, -0.2) is 12.7 Å². The fourth-order valence-corrected chi connectivity index (χ4v) is 2.68. The average molecular weight is 273 g/mol. The van der Waals surface area contributed by atoms with E-state index in [-0.39, 0.29) is 0 Å². The Hall–Kier alpha value is -0.850. The summed E-state index contributed by atoms with van der Waals surface area (Å²) in [5.41, 5.74) is 1.01. The molecule has 1 rings (SSSR count). The molecule has 1 aromatic rings. The van der Waals surface area contributed by atoms with Crippen LogP contribution in [0.3, 0.4) is 0 Å². The second-order valence-corrected chi connectivity index (χ2v) is 6.57. The van der Waals surface area contributed by atoms with E-state index < -0.39 is 10.0 Å². The molecule has 0 spiro atoms. The van der Waals surface area contributed by atoms with E-state index in [1.54, 1.807) is 26.4 Å². The van der Waals surface area contributed by atoms with Gasteiger partial charge in [0.1, 0.15) is 4.90 Å². The molecule has 0 amide bonds. The third kappa shape index (κ3) is 3.34. The van der Waals surface area contributed by atoms with Crippen molar-refractivity contribution in [3.8, 4) is 0 Å². The van der Waals surface area contributed by atoms with E-state index in [2.05, 4.69) is 12.2 Å². The van der Waals surface area contributed by atoms with E-state index in [1.807, 2.05) is 11.5 Å². The maximum absolute atomic E-state index is 12.0. The Bertz CT molecular complexity index is 478. The van der Waals surface area contributed by atoms with Crippen LogP contribution in [0.25, 0.3) is 0 Å². The number of sulfonamides is 1. The summed E-state index contributed by atoms with van der Waals surface area (Å²) >= 11 is 0. The first-order valence-electron chi connectivity index (χ1n) is 6.25. The maximum Gasteiger partial charge on any atom is 0.244 e. The van der Waals surface area contributed by atoms with E-state index in [0.717, 1.165) is 25.2 Å². The number of hydrogen-bond donors (Lipinski definition) is 1. The molecular formula is C12H23N3O2S. The van der Waals surface area contributed by atoms with Gasteiger partial charge in [0, 0.05) is 39.1 Å². The normalized spacial score (nSPS) is 12.3. The minimum Gasteiger partial charge on any atom is -0.349 e. The van der Waals surface area contributed by atoms with Gasteiger partial charge >= 0.3 is 0 Å². The predicted octanol–water partition coefficient (Wildman–Crippen LogP) is 1.26. The molecule has 0 saturated heterocycles. The smallest absolute Gasteiger partial charge is 0.244 e. The first-order chi connectivity index (χ1) is 8.43. The second-order valence-electron chi connectivity index (χ2n) is 4.42. The molecule has 0 aliphatic rings. The molecule has 0 bridgehead atoms. The first-order valence-corrected chi connectivity index (χ1v) is 7.69. The summed E-state index contributed by atoms with van der Waals surface area (Å²) in [4.78, 5) is 0.364. The largest absolute Gasteiger partial charge is 0.349 e. The maximum atomic E-state index is 12.0. The van der Waals surface area contributed by atoms with Crippen molar-refractivity contribution in [1.82, 2.24) is 14.2 Å². The molecule has 0 unspecified atom stereocenters. The minimum atomic E-state index is -3.33. The lowest BCUT2D eigenvalue weighted by molar-refractivity contribution is 0.520. The zero-order valence-corrected chi connectivity index (χ0v) is 12.4. The Morgan fingerprint density at radius 2 is 2.00 bits per heavy atom. The average Bonchev–Trinajstić information content (AvgIpc) is 2.73. The van der Waals surface area contributed by atoms with E-state index >= 15 is 0 Å². The van der Waals surface area contributed by atoms with Gasteiger partial charge in [-0.3, -0.25) is 0 Å². The highest BCUT2D eigenvalue weighted by Gasteiger charge is 2.20. The number of rotatable bonds is 7. The van der Waals surface area contributed by atoms with Crippen LogP contribution in [0.2, 0.25) is 0 Å². The van der Waals surface area contributed by atoms with Crippen LogP contribution in [0, 0.1) is 0 Å². The quantitative estimate of drug-likeness (QED) is 0.761. The van der Waals surface area contributed by atoms with Crippen molar-refractivity contribution in [1.29, 1.82) is 0 Å². The van der Waals surface area contributed by atoms with Crippen LogP contribution in [-0.2, 0) is 23.1 Å². The lowest BCUT2D eigenvalue weighted by Gasteiger charge is -2.08. The topological polar surface area (TPSA) is 54.3 Å². The molecule has 0 saturated carbocycles. The highest BCUT2D eigenvalue weighted by atomic mass is 32.2. The molecular weight excluding hydrogens is 250 g/mol. The highest BCUT2D eigenvalue weighted by molar-refractivity contribution is 7.89. The molecule has 0 aliphatic heterocycles. The molecule has 6 heteroatoms. The molecule has 0 aliphatic carbocycles. The fourth-order valence-electron chi connectivity index (χ4n) is 1.71. The Kier molecular flexibility index (Phi) is 5.37. The van der Waals surface area contributed by atoms with Gasteiger partial charge < -0.3 is 9.88 Å². The number of aryl methyl sites for hydroxylation is 1. The summed E-state index contributed by atoms with van der Waals surface area (Å²) in [7, 11) is -0.236. The van der Waals surface area contributed by atoms with Crippen LogP contribution < -0.4 is 5.32 Å². The first kappa shape index (κ1) is 15.2. The molecule has 1 aromatic heterocycles. The van der Waals surface area contributed by atoms with Crippen molar-refractivity contribution >= 4 is 10.0 Å². The molecule has 0 aromatic carbocycles. The zero-order valence-electron chi connectivity index (χ0n) is 11.6. The Balaban J connectivity index is 2.97. The standard InChI is InChI=1S/C12H23N3O2S/c1-5-7-13-9-11-8-12(10-15(11)6-2)18(16,17)14(3)4/h8,10,13H,5-7,9H2,1-4H3. The van der Waals surface area contributed by atoms with Gasteiger partial charge in [-0.05, 0) is 26.0 Å². The van der Waals surface area contributed by atoms with Gasteiger partial charge in [0.25, 0.3) is 0 Å². The molecule has 18 heavy (non-hydrogen) atoms. The molecule has 5 nitrogen and oxygen atoms in total. The van der Waals surface area contributed by atoms with Gasteiger partial charge in [0.2, 0.25) is 10.0 Å². The third-order valence-corrected chi connectivity index (χ3v) is 4.59. The molecule has 104 valence electrons. The monoisotopic (exact) mass is 273 g/mol. The van der Waals surface area contributed by atoms with Crippen molar-refractivity contribution in [2.75, 3.05) is 20.6 Å². The summed E-state index contributed by atoms with van der Waals surface area (Å²) in [5.74, 6) is 0. The molecule has 0 fully saturated rings. The van der Waals surface area contributed by atoms with E-state index in [1.165, 1.54) is 4.31 Å². The van der Waals surface area contributed by atoms with Crippen LogP contribution in [-0.4, -0.2) is 37.9 Å². The lowest BCUT2D eigenvalue weighted by Crippen LogP contribution is -2.21. The third-order valence-electron chi connectivity index (χ3n) is 2.81. The van der Waals surface area contributed by atoms with Gasteiger partial charge in [-0.15, -0.1) is 0 Å². The Morgan fingerprint density at radius 1 is 1.33 bits per heavy atom. The van der Waals surface area contributed by atoms with Crippen LogP contribution in [0.4, 0.5) is 0 Å². The summed E-state index contributed by atoms with van der Waals surface area (Å²) < 4.78 is 27.3. The summed E-state index contributed by atoms with van der Waals surface area (Å²) in [6.07, 6.45) is 2.77. The van der Waals surface area contributed by atoms with Gasteiger partial charge in [0.15, 0.2) is 0 Å². The lowest BCUT2D eigenvalue weighted by atomic mass is 10.4. The Labute approximate surface area is 110 Å². The molecule has 1 heterocycles. The SMILES string of the molecule is CCCNCc1cc(S(=O)(=O)N(C)C)cn1CC. The number of nitrogens with zero attached hydrogens (tertiary/aromatic N) is 2. The Morgan fingerprint density at radius 3 is 2.50 bits per heavy atom. The van der Waals surface area contributed by atoms with Crippen molar-refractivity contribution in [3.63, 3.8) is 0 Å². The van der Waals surface area contributed by atoms with Gasteiger partial charge in [0.05, 0.1) is 0 Å². The van der Waals surface area contributed by atoms with E-state index in [4.69, 9.17) is 0 Å². The van der Waals surface area contributed by atoms with Crippen LogP contribution in [0.5, 0.6) is 0 Å². The van der Waals surface area contributed by atoms with Crippen molar-refractivity contribution in [2.24, 2.45) is 0 Å². The zero-order chi connectivity index (χ0) is 13.8. The second kappa shape index (κ2) is 6.36. The molecule has 1 N–H and O–H groups in total. The summed E-state index contributed by atoms with van der Waals surface area (Å²) in [6, 6.07) is 1.75. The highest BCUT2D eigenvalue weighted by Crippen LogP contribution is 2.17. The fraction of sp³-hybridized carbons (Fsp3) is 0.667. The van der Waals surface area contributed by atoms with Crippen molar-refractivity contribution in [2.45, 2.75) is 38.3 Å². The number of hydrogen-bond acceptors (Lipinski definition) is 3. The van der Waals surface area contributed by atoms with E-state index in [9.17, 15) is 8.42 Å². The van der Waals surface area contributed by atoms with Crippen molar-refractivity contribution < 1.29 is 8.42 Å². The predicted molar refractivity (Wildman–Crippen MR) is 73.0 cm³/mol. The summed E-state index contributed by atoms with van der Waals surface area (Å²) in [6.45, 7) is 6.52. The van der Waals surface area contributed by atoms with Crippen LogP contribution in [0.15, 0.2) is 17.2 Å².